The Morgan fingerprint density at radius 3 is 2.48 bits per heavy atom. The summed E-state index contributed by atoms with van der Waals surface area (Å²) in [5.41, 5.74) is 1.35. The second-order valence-electron chi connectivity index (χ2n) is 6.12. The fourth-order valence-electron chi connectivity index (χ4n) is 2.95. The van der Waals surface area contributed by atoms with Gasteiger partial charge in [0.05, 0.1) is 5.56 Å². The summed E-state index contributed by atoms with van der Waals surface area (Å²) in [6.45, 7) is 2.45. The third kappa shape index (κ3) is 5.00. The van der Waals surface area contributed by atoms with E-state index in [2.05, 4.69) is 10.6 Å². The van der Waals surface area contributed by atoms with Gasteiger partial charge in [-0.05, 0) is 67.2 Å². The van der Waals surface area contributed by atoms with Gasteiger partial charge >= 0.3 is 0 Å². The Kier molecular flexibility index (Phi) is 6.91. The molecule has 1 fully saturated rings. The van der Waals surface area contributed by atoms with Crippen molar-refractivity contribution in [3.05, 3.63) is 59.7 Å². The van der Waals surface area contributed by atoms with E-state index in [0.717, 1.165) is 25.9 Å². The Balaban J connectivity index is 0.00000225. The Labute approximate surface area is 152 Å². The Morgan fingerprint density at radius 1 is 1.12 bits per heavy atom. The first-order valence-corrected chi connectivity index (χ1v) is 8.18. The molecule has 0 spiro atoms. The van der Waals surface area contributed by atoms with Crippen LogP contribution in [-0.4, -0.2) is 25.5 Å². The Hall–Kier alpha value is -1.98. The quantitative estimate of drug-likeness (QED) is 0.864. The van der Waals surface area contributed by atoms with Crippen LogP contribution in [0.4, 0.5) is 8.78 Å². The van der Waals surface area contributed by atoms with E-state index < -0.39 is 11.7 Å². The maximum Gasteiger partial charge on any atom is 0.254 e. The number of piperidine rings is 1. The van der Waals surface area contributed by atoms with Crippen LogP contribution in [0.5, 0.6) is 0 Å². The van der Waals surface area contributed by atoms with Gasteiger partial charge in [-0.3, -0.25) is 4.79 Å². The molecule has 1 atom stereocenters. The maximum absolute atomic E-state index is 14.3. The monoisotopic (exact) mass is 366 g/mol. The highest BCUT2D eigenvalue weighted by atomic mass is 35.5. The molecule has 0 saturated carbocycles. The molecule has 134 valence electrons. The standard InChI is InChI=1S/C19H20F2N2O.ClH/c20-16-6-3-14(4-7-16)15-5-8-17(18(21)10-15)19(24)23-12-13-2-1-9-22-11-13;/h3-8,10,13,22H,1-2,9,11-12H2,(H,23,24);1H. The third-order valence-electron chi connectivity index (χ3n) is 4.34. The molecule has 1 saturated heterocycles. The summed E-state index contributed by atoms with van der Waals surface area (Å²) < 4.78 is 27.2. The molecule has 0 radical (unpaired) electrons. The number of hydrogen-bond donors (Lipinski definition) is 2. The highest BCUT2D eigenvalue weighted by Crippen LogP contribution is 2.22. The van der Waals surface area contributed by atoms with Crippen molar-refractivity contribution in [2.75, 3.05) is 19.6 Å². The fourth-order valence-corrected chi connectivity index (χ4v) is 2.95. The molecule has 2 N–H and O–H groups in total. The van der Waals surface area contributed by atoms with Crippen molar-refractivity contribution in [2.24, 2.45) is 5.92 Å². The molecule has 1 unspecified atom stereocenters. The number of halogens is 3. The van der Waals surface area contributed by atoms with Crippen LogP contribution in [0.15, 0.2) is 42.5 Å². The molecular formula is C19H21ClF2N2O. The molecule has 1 aliphatic rings. The topological polar surface area (TPSA) is 41.1 Å². The van der Waals surface area contributed by atoms with Gasteiger partial charge in [-0.1, -0.05) is 18.2 Å². The van der Waals surface area contributed by atoms with Crippen molar-refractivity contribution >= 4 is 18.3 Å². The fraction of sp³-hybridized carbons (Fsp3) is 0.316. The SMILES string of the molecule is Cl.O=C(NCC1CCCNC1)c1ccc(-c2ccc(F)cc2)cc1F. The number of nitrogens with one attached hydrogen (secondary N) is 2. The molecular weight excluding hydrogens is 346 g/mol. The highest BCUT2D eigenvalue weighted by Gasteiger charge is 2.17. The molecule has 2 aromatic rings. The minimum absolute atomic E-state index is 0. The van der Waals surface area contributed by atoms with E-state index in [4.69, 9.17) is 0 Å². The smallest absolute Gasteiger partial charge is 0.254 e. The van der Waals surface area contributed by atoms with Gasteiger partial charge < -0.3 is 10.6 Å². The lowest BCUT2D eigenvalue weighted by atomic mass is 9.99. The van der Waals surface area contributed by atoms with E-state index in [1.807, 2.05) is 0 Å². The van der Waals surface area contributed by atoms with Crippen LogP contribution in [0.1, 0.15) is 23.2 Å². The largest absolute Gasteiger partial charge is 0.352 e. The van der Waals surface area contributed by atoms with Crippen molar-refractivity contribution in [1.29, 1.82) is 0 Å². The number of hydrogen-bond acceptors (Lipinski definition) is 2. The molecule has 1 heterocycles. The van der Waals surface area contributed by atoms with Gasteiger partial charge in [0.25, 0.3) is 5.91 Å². The van der Waals surface area contributed by atoms with Crippen molar-refractivity contribution in [2.45, 2.75) is 12.8 Å². The van der Waals surface area contributed by atoms with Gasteiger partial charge in [0.1, 0.15) is 11.6 Å². The van der Waals surface area contributed by atoms with Crippen LogP contribution in [0, 0.1) is 17.6 Å². The second kappa shape index (κ2) is 8.92. The lowest BCUT2D eigenvalue weighted by Crippen LogP contribution is -2.38. The molecule has 0 bridgehead atoms. The van der Waals surface area contributed by atoms with Crippen LogP contribution >= 0.6 is 12.4 Å². The Morgan fingerprint density at radius 2 is 1.84 bits per heavy atom. The maximum atomic E-state index is 14.3. The van der Waals surface area contributed by atoms with Gasteiger partial charge in [0, 0.05) is 6.54 Å². The lowest BCUT2D eigenvalue weighted by molar-refractivity contribution is 0.0941. The van der Waals surface area contributed by atoms with E-state index in [-0.39, 0.29) is 23.8 Å². The summed E-state index contributed by atoms with van der Waals surface area (Å²) in [6, 6.07) is 10.3. The number of rotatable bonds is 4. The molecule has 0 aromatic heterocycles. The Bertz CT molecular complexity index is 716. The van der Waals surface area contributed by atoms with Crippen molar-refractivity contribution in [1.82, 2.24) is 10.6 Å². The first-order valence-electron chi connectivity index (χ1n) is 8.18. The molecule has 1 amide bonds. The lowest BCUT2D eigenvalue weighted by Gasteiger charge is -2.22. The average molecular weight is 367 g/mol. The molecule has 0 aliphatic carbocycles. The summed E-state index contributed by atoms with van der Waals surface area (Å²) in [7, 11) is 0. The minimum atomic E-state index is -0.573. The van der Waals surface area contributed by atoms with E-state index in [9.17, 15) is 13.6 Å². The number of carbonyl (C=O) groups excluding carboxylic acids is 1. The summed E-state index contributed by atoms with van der Waals surface area (Å²) in [4.78, 5) is 12.2. The molecule has 2 aromatic carbocycles. The number of benzene rings is 2. The van der Waals surface area contributed by atoms with Crippen LogP contribution < -0.4 is 10.6 Å². The van der Waals surface area contributed by atoms with E-state index in [1.165, 1.54) is 24.3 Å². The van der Waals surface area contributed by atoms with Crippen LogP contribution in [0.25, 0.3) is 11.1 Å². The molecule has 3 rings (SSSR count). The van der Waals surface area contributed by atoms with Gasteiger partial charge in [0.2, 0.25) is 0 Å². The minimum Gasteiger partial charge on any atom is -0.352 e. The van der Waals surface area contributed by atoms with Gasteiger partial charge in [-0.25, -0.2) is 8.78 Å². The van der Waals surface area contributed by atoms with Crippen molar-refractivity contribution < 1.29 is 13.6 Å². The predicted molar refractivity (Wildman–Crippen MR) is 97.0 cm³/mol. The van der Waals surface area contributed by atoms with Gasteiger partial charge in [-0.15, -0.1) is 12.4 Å². The number of amides is 1. The predicted octanol–water partition coefficient (Wildman–Crippen LogP) is 3.78. The zero-order valence-corrected chi connectivity index (χ0v) is 14.5. The molecule has 25 heavy (non-hydrogen) atoms. The number of carbonyl (C=O) groups is 1. The average Bonchev–Trinajstić information content (AvgIpc) is 2.61. The van der Waals surface area contributed by atoms with Crippen molar-refractivity contribution in [3.8, 4) is 11.1 Å². The van der Waals surface area contributed by atoms with Crippen LogP contribution in [-0.2, 0) is 0 Å². The van der Waals surface area contributed by atoms with Crippen molar-refractivity contribution in [3.63, 3.8) is 0 Å². The van der Waals surface area contributed by atoms with Crippen LogP contribution in [0.2, 0.25) is 0 Å². The normalized spacial score (nSPS) is 16.8. The van der Waals surface area contributed by atoms with E-state index in [1.54, 1.807) is 18.2 Å². The first-order chi connectivity index (χ1) is 11.6. The first kappa shape index (κ1) is 19.3. The summed E-state index contributed by atoms with van der Waals surface area (Å²) in [5.74, 6) is -0.920. The van der Waals surface area contributed by atoms with E-state index in [0.29, 0.717) is 23.6 Å². The van der Waals surface area contributed by atoms with Crippen LogP contribution in [0.3, 0.4) is 0 Å². The summed E-state index contributed by atoms with van der Waals surface area (Å²) in [5, 5.41) is 6.09. The second-order valence-corrected chi connectivity index (χ2v) is 6.12. The molecule has 1 aliphatic heterocycles. The summed E-state index contributed by atoms with van der Waals surface area (Å²) in [6.07, 6.45) is 2.17. The zero-order valence-electron chi connectivity index (χ0n) is 13.7. The van der Waals surface area contributed by atoms with Gasteiger partial charge in [-0.2, -0.15) is 0 Å². The van der Waals surface area contributed by atoms with Gasteiger partial charge in [0.15, 0.2) is 0 Å². The zero-order chi connectivity index (χ0) is 16.9. The molecule has 3 nitrogen and oxygen atoms in total. The third-order valence-corrected chi connectivity index (χ3v) is 4.34. The highest BCUT2D eigenvalue weighted by molar-refractivity contribution is 5.95. The summed E-state index contributed by atoms with van der Waals surface area (Å²) >= 11 is 0. The van der Waals surface area contributed by atoms with E-state index >= 15 is 0 Å². The molecule has 6 heteroatoms.